The monoisotopic (exact) mass is 553 g/mol. The van der Waals surface area contributed by atoms with Gasteiger partial charge in [-0.25, -0.2) is 15.0 Å². The van der Waals surface area contributed by atoms with Crippen molar-refractivity contribution in [3.8, 4) is 0 Å². The molecule has 6 N–H and O–H groups in total. The molecule has 0 bridgehead atoms. The van der Waals surface area contributed by atoms with E-state index in [1.54, 1.807) is 10.9 Å². The van der Waals surface area contributed by atoms with Crippen molar-refractivity contribution in [2.45, 2.75) is 49.2 Å². The van der Waals surface area contributed by atoms with Gasteiger partial charge in [-0.05, 0) is 49.5 Å². The third-order valence-electron chi connectivity index (χ3n) is 8.71. The molecule has 0 unspecified atom stereocenters. The predicted octanol–water partition coefficient (Wildman–Crippen LogP) is 2.29. The van der Waals surface area contributed by atoms with Crippen molar-refractivity contribution < 1.29 is 30.3 Å². The van der Waals surface area contributed by atoms with Crippen LogP contribution in [0.5, 0.6) is 0 Å². The molecule has 7 atom stereocenters. The van der Waals surface area contributed by atoms with Crippen molar-refractivity contribution in [1.29, 1.82) is 0 Å². The van der Waals surface area contributed by atoms with E-state index in [9.17, 15) is 25.5 Å². The Morgan fingerprint density at radius 2 is 1.68 bits per heavy atom. The molecule has 11 nitrogen and oxygen atoms in total. The van der Waals surface area contributed by atoms with E-state index in [0.29, 0.717) is 28.1 Å². The molecule has 208 valence electrons. The lowest BCUT2D eigenvalue weighted by atomic mass is 9.77. The highest BCUT2D eigenvalue weighted by atomic mass is 16.5. The van der Waals surface area contributed by atoms with E-state index in [2.05, 4.69) is 38.5 Å². The third kappa shape index (κ3) is 3.51. The maximum Gasteiger partial charge on any atom is 0.167 e. The Balaban J connectivity index is 1.28. The molecule has 0 amide bonds. The summed E-state index contributed by atoms with van der Waals surface area (Å²) in [6.07, 6.45) is -3.00. The van der Waals surface area contributed by atoms with Gasteiger partial charge in [-0.2, -0.15) is 0 Å². The molecule has 0 saturated carbocycles. The molecule has 8 rings (SSSR count). The number of nitrogens with zero attached hydrogens (tertiary/aromatic N) is 4. The molecule has 4 aromatic carbocycles. The number of aromatic nitrogens is 4. The van der Waals surface area contributed by atoms with E-state index in [-0.39, 0.29) is 13.0 Å². The van der Waals surface area contributed by atoms with Crippen LogP contribution >= 0.6 is 0 Å². The highest BCUT2D eigenvalue weighted by Gasteiger charge is 2.43. The molecule has 1 fully saturated rings. The van der Waals surface area contributed by atoms with Crippen molar-refractivity contribution in [1.82, 2.24) is 19.5 Å². The molecule has 3 heterocycles. The number of imidazole rings is 1. The third-order valence-corrected chi connectivity index (χ3v) is 8.71. The molecule has 1 aliphatic heterocycles. The van der Waals surface area contributed by atoms with Gasteiger partial charge in [0.25, 0.3) is 0 Å². The summed E-state index contributed by atoms with van der Waals surface area (Å²) in [5, 5.41) is 62.5. The Morgan fingerprint density at radius 3 is 2.46 bits per heavy atom. The standard InChI is InChI=1S/C30H27N5O6/c36-10-19-18(37)9-20(41-19)35-12-33-25-29(31-11-32-30(25)35)34-24-23-16-7-6-14-3-1-2-13-4-5-15(22(16)21(13)14)8-17(23)26(38)28(40)27(24)39/h1-8,11-12,18-20,24,26-28,36-40H,9-10H2,(H,31,32,34)/t18-,19+,20+,24+,26-,27+,28+/m0/s1. The van der Waals surface area contributed by atoms with Crippen LogP contribution in [0.2, 0.25) is 0 Å². The van der Waals surface area contributed by atoms with E-state index in [4.69, 9.17) is 4.74 Å². The topological polar surface area (TPSA) is 166 Å². The Kier molecular flexibility index (Phi) is 5.45. The van der Waals surface area contributed by atoms with Gasteiger partial charge in [0.15, 0.2) is 17.0 Å². The van der Waals surface area contributed by atoms with Crippen LogP contribution in [-0.2, 0) is 4.74 Å². The van der Waals surface area contributed by atoms with E-state index >= 15 is 0 Å². The largest absolute Gasteiger partial charge is 0.394 e. The fraction of sp³-hybridized carbons (Fsp3) is 0.300. The zero-order valence-electron chi connectivity index (χ0n) is 21.7. The van der Waals surface area contributed by atoms with Crippen LogP contribution in [0.25, 0.3) is 43.5 Å². The van der Waals surface area contributed by atoms with Gasteiger partial charge in [0.1, 0.15) is 37.0 Å². The van der Waals surface area contributed by atoms with Crippen LogP contribution in [0.4, 0.5) is 5.82 Å². The normalized spacial score (nSPS) is 28.3. The van der Waals surface area contributed by atoms with Gasteiger partial charge >= 0.3 is 0 Å². The van der Waals surface area contributed by atoms with Gasteiger partial charge in [0, 0.05) is 6.42 Å². The number of hydrogen-bond donors (Lipinski definition) is 6. The van der Waals surface area contributed by atoms with Crippen LogP contribution in [-0.4, -0.2) is 76.1 Å². The number of aliphatic hydroxyl groups excluding tert-OH is 5. The van der Waals surface area contributed by atoms with Gasteiger partial charge in [-0.1, -0.05) is 42.5 Å². The Morgan fingerprint density at radius 1 is 0.902 bits per heavy atom. The van der Waals surface area contributed by atoms with Gasteiger partial charge in [0.05, 0.1) is 25.1 Å². The average Bonchev–Trinajstić information content (AvgIpc) is 3.60. The second-order valence-electron chi connectivity index (χ2n) is 10.9. The van der Waals surface area contributed by atoms with Gasteiger partial charge in [-0.3, -0.25) is 4.57 Å². The Hall–Kier alpha value is -3.97. The second kappa shape index (κ2) is 9.02. The average molecular weight is 554 g/mol. The highest BCUT2D eigenvalue weighted by molar-refractivity contribution is 6.24. The SMILES string of the molecule is OC[C@H]1O[C@@H](n2cnc3c(N[C@@H]4c5c(cc6ccc7cccc8ccc5c6c78)[C@H](O)[C@@H](O)[C@@H]4O)ncnc32)C[C@@H]1O. The number of nitrogens with one attached hydrogen (secondary N) is 1. The van der Waals surface area contributed by atoms with Crippen molar-refractivity contribution >= 4 is 49.3 Å². The van der Waals surface area contributed by atoms with Crippen LogP contribution in [0, 0.1) is 0 Å². The zero-order chi connectivity index (χ0) is 28.0. The summed E-state index contributed by atoms with van der Waals surface area (Å²) in [6.45, 7) is -0.304. The first-order valence-electron chi connectivity index (χ1n) is 13.6. The van der Waals surface area contributed by atoms with Crippen molar-refractivity contribution in [3.05, 3.63) is 72.3 Å². The number of benzene rings is 4. The molecule has 0 radical (unpaired) electrons. The molecule has 0 spiro atoms. The summed E-state index contributed by atoms with van der Waals surface area (Å²) in [4.78, 5) is 13.3. The number of rotatable bonds is 4. The van der Waals surface area contributed by atoms with Gasteiger partial charge < -0.3 is 35.6 Å². The number of ether oxygens (including phenoxy) is 1. The maximum absolute atomic E-state index is 11.3. The van der Waals surface area contributed by atoms with Gasteiger partial charge in [0.2, 0.25) is 0 Å². The number of fused-ring (bicyclic) bond motifs is 3. The molecule has 2 aliphatic rings. The fourth-order valence-electron chi connectivity index (χ4n) is 6.71. The lowest BCUT2D eigenvalue weighted by Crippen LogP contribution is -2.44. The summed E-state index contributed by atoms with van der Waals surface area (Å²) in [7, 11) is 0. The fourth-order valence-corrected chi connectivity index (χ4v) is 6.71. The smallest absolute Gasteiger partial charge is 0.167 e. The molecule has 6 aromatic rings. The molecule has 1 aliphatic carbocycles. The summed E-state index contributed by atoms with van der Waals surface area (Å²) in [6, 6.07) is 15.3. The van der Waals surface area contributed by atoms with Crippen LogP contribution < -0.4 is 5.32 Å². The molecule has 41 heavy (non-hydrogen) atoms. The minimum absolute atomic E-state index is 0.265. The van der Waals surface area contributed by atoms with E-state index < -0.39 is 42.8 Å². The minimum atomic E-state index is -1.44. The summed E-state index contributed by atoms with van der Waals surface area (Å²) >= 11 is 0. The van der Waals surface area contributed by atoms with Gasteiger partial charge in [-0.15, -0.1) is 0 Å². The summed E-state index contributed by atoms with van der Waals surface area (Å²) in [5.74, 6) is 0.329. The summed E-state index contributed by atoms with van der Waals surface area (Å²) < 4.78 is 7.48. The predicted molar refractivity (Wildman–Crippen MR) is 150 cm³/mol. The van der Waals surface area contributed by atoms with Crippen LogP contribution in [0.1, 0.15) is 35.9 Å². The summed E-state index contributed by atoms with van der Waals surface area (Å²) in [5.41, 5.74) is 2.07. The molecular weight excluding hydrogens is 526 g/mol. The van der Waals surface area contributed by atoms with Crippen molar-refractivity contribution in [2.75, 3.05) is 11.9 Å². The first-order valence-corrected chi connectivity index (χ1v) is 13.6. The van der Waals surface area contributed by atoms with Crippen molar-refractivity contribution in [3.63, 3.8) is 0 Å². The van der Waals surface area contributed by atoms with E-state index in [1.165, 1.54) is 6.33 Å². The van der Waals surface area contributed by atoms with Crippen molar-refractivity contribution in [2.24, 2.45) is 0 Å². The first kappa shape index (κ1) is 24.8. The minimum Gasteiger partial charge on any atom is -0.394 e. The van der Waals surface area contributed by atoms with E-state index in [0.717, 1.165) is 32.3 Å². The highest BCUT2D eigenvalue weighted by Crippen LogP contribution is 2.46. The Labute approximate surface area is 232 Å². The lowest BCUT2D eigenvalue weighted by molar-refractivity contribution is -0.0766. The number of anilines is 1. The lowest BCUT2D eigenvalue weighted by Gasteiger charge is -2.39. The molecular formula is C30H27N5O6. The maximum atomic E-state index is 11.3. The second-order valence-corrected chi connectivity index (χ2v) is 10.9. The van der Waals surface area contributed by atoms with E-state index in [1.807, 2.05) is 30.3 Å². The van der Waals surface area contributed by atoms with Crippen LogP contribution in [0.3, 0.4) is 0 Å². The molecule has 2 aromatic heterocycles. The number of hydrogen-bond acceptors (Lipinski definition) is 10. The molecule has 1 saturated heterocycles. The zero-order valence-corrected chi connectivity index (χ0v) is 21.7. The first-order chi connectivity index (χ1) is 19.9. The Bertz CT molecular complexity index is 1930. The number of aliphatic hydroxyl groups is 5. The molecule has 11 heteroatoms. The quantitative estimate of drug-likeness (QED) is 0.178. The van der Waals surface area contributed by atoms with Crippen LogP contribution in [0.15, 0.2) is 61.2 Å².